The smallest absolute Gasteiger partial charge is 0.307 e. The highest BCUT2D eigenvalue weighted by molar-refractivity contribution is 6.31. The van der Waals surface area contributed by atoms with Gasteiger partial charge in [0.05, 0.1) is 11.4 Å². The maximum Gasteiger partial charge on any atom is 0.307 e. The van der Waals surface area contributed by atoms with Crippen LogP contribution in [0.1, 0.15) is 5.56 Å². The summed E-state index contributed by atoms with van der Waals surface area (Å²) >= 11 is 5.65. The van der Waals surface area contributed by atoms with Crippen LogP contribution < -0.4 is 0 Å². The number of carboxylic acids is 1. The fraction of sp³-hybridized carbons (Fsp3) is 0.0714. The SMILES string of the molecule is O=C(O)Cc1ccc(F)c(-c2cccc(Cl)c2F)c1. The molecule has 0 aliphatic rings. The summed E-state index contributed by atoms with van der Waals surface area (Å²) in [6.45, 7) is 0. The van der Waals surface area contributed by atoms with E-state index in [1.54, 1.807) is 0 Å². The number of carbonyl (C=O) groups is 1. The lowest BCUT2D eigenvalue weighted by Gasteiger charge is -2.08. The van der Waals surface area contributed by atoms with Gasteiger partial charge in [-0.3, -0.25) is 4.79 Å². The summed E-state index contributed by atoms with van der Waals surface area (Å²) in [6.07, 6.45) is -0.254. The van der Waals surface area contributed by atoms with Crippen LogP contribution >= 0.6 is 11.6 Å². The van der Waals surface area contributed by atoms with Crippen LogP contribution in [-0.2, 0) is 11.2 Å². The number of aliphatic carboxylic acids is 1. The molecule has 0 saturated carbocycles. The van der Waals surface area contributed by atoms with E-state index in [9.17, 15) is 13.6 Å². The molecule has 19 heavy (non-hydrogen) atoms. The van der Waals surface area contributed by atoms with E-state index in [2.05, 4.69) is 0 Å². The van der Waals surface area contributed by atoms with E-state index < -0.39 is 17.6 Å². The molecule has 0 saturated heterocycles. The molecule has 0 bridgehead atoms. The predicted octanol–water partition coefficient (Wildman–Crippen LogP) is 3.91. The molecule has 0 unspecified atom stereocenters. The van der Waals surface area contributed by atoms with Crippen molar-refractivity contribution in [3.63, 3.8) is 0 Å². The summed E-state index contributed by atoms with van der Waals surface area (Å²) < 4.78 is 27.6. The van der Waals surface area contributed by atoms with Crippen molar-refractivity contribution in [2.45, 2.75) is 6.42 Å². The summed E-state index contributed by atoms with van der Waals surface area (Å²) in [5.41, 5.74) is 0.402. The summed E-state index contributed by atoms with van der Waals surface area (Å²) in [5, 5.41) is 8.60. The van der Waals surface area contributed by atoms with Gasteiger partial charge in [-0.25, -0.2) is 8.78 Å². The minimum absolute atomic E-state index is 0.00116. The Bertz CT molecular complexity index is 641. The first-order valence-corrected chi connectivity index (χ1v) is 5.81. The normalized spacial score (nSPS) is 10.5. The number of hydrogen-bond donors (Lipinski definition) is 1. The third-order valence-corrected chi connectivity index (χ3v) is 2.92. The van der Waals surface area contributed by atoms with E-state index in [4.69, 9.17) is 16.7 Å². The Morgan fingerprint density at radius 2 is 1.89 bits per heavy atom. The van der Waals surface area contributed by atoms with Crippen LogP contribution in [-0.4, -0.2) is 11.1 Å². The zero-order valence-corrected chi connectivity index (χ0v) is 10.4. The first-order chi connectivity index (χ1) is 8.99. The van der Waals surface area contributed by atoms with E-state index in [1.165, 1.54) is 30.3 Å². The molecule has 0 aromatic heterocycles. The molecule has 0 amide bonds. The fourth-order valence-electron chi connectivity index (χ4n) is 1.78. The van der Waals surface area contributed by atoms with E-state index in [0.29, 0.717) is 5.56 Å². The Balaban J connectivity index is 2.54. The Labute approximate surface area is 113 Å². The first-order valence-electron chi connectivity index (χ1n) is 5.43. The monoisotopic (exact) mass is 282 g/mol. The van der Waals surface area contributed by atoms with Gasteiger partial charge < -0.3 is 5.11 Å². The second-order valence-electron chi connectivity index (χ2n) is 3.99. The molecule has 2 nitrogen and oxygen atoms in total. The van der Waals surface area contributed by atoms with E-state index in [0.717, 1.165) is 6.07 Å². The molecule has 0 spiro atoms. The molecule has 2 rings (SSSR count). The summed E-state index contributed by atoms with van der Waals surface area (Å²) in [6, 6.07) is 8.05. The molecule has 0 fully saturated rings. The van der Waals surface area contributed by atoms with Crippen LogP contribution in [0.4, 0.5) is 8.78 Å². The van der Waals surface area contributed by atoms with Gasteiger partial charge in [-0.2, -0.15) is 0 Å². The predicted molar refractivity (Wildman–Crippen MR) is 68.1 cm³/mol. The average molecular weight is 283 g/mol. The van der Waals surface area contributed by atoms with Crippen LogP contribution in [0.2, 0.25) is 5.02 Å². The lowest BCUT2D eigenvalue weighted by molar-refractivity contribution is -0.136. The molecule has 0 atom stereocenters. The number of carboxylic acid groups (broad SMARTS) is 1. The molecule has 5 heteroatoms. The Kier molecular flexibility index (Phi) is 3.81. The van der Waals surface area contributed by atoms with Crippen molar-refractivity contribution < 1.29 is 18.7 Å². The highest BCUT2D eigenvalue weighted by Gasteiger charge is 2.14. The van der Waals surface area contributed by atoms with Crippen molar-refractivity contribution in [2.24, 2.45) is 0 Å². The number of benzene rings is 2. The topological polar surface area (TPSA) is 37.3 Å². The largest absolute Gasteiger partial charge is 0.481 e. The Morgan fingerprint density at radius 1 is 1.16 bits per heavy atom. The molecule has 2 aromatic rings. The van der Waals surface area contributed by atoms with Gasteiger partial charge in [-0.05, 0) is 23.8 Å². The van der Waals surface area contributed by atoms with E-state index in [-0.39, 0.29) is 22.6 Å². The minimum atomic E-state index is -1.04. The average Bonchev–Trinajstić information content (AvgIpc) is 2.35. The van der Waals surface area contributed by atoms with Gasteiger partial charge in [0.1, 0.15) is 11.6 Å². The second kappa shape index (κ2) is 5.36. The van der Waals surface area contributed by atoms with Gasteiger partial charge in [-0.15, -0.1) is 0 Å². The summed E-state index contributed by atoms with van der Waals surface area (Å²) in [5.74, 6) is -2.39. The van der Waals surface area contributed by atoms with Gasteiger partial charge in [0, 0.05) is 11.1 Å². The molecule has 2 aromatic carbocycles. The molecule has 0 heterocycles. The van der Waals surface area contributed by atoms with Crippen LogP contribution in [0.15, 0.2) is 36.4 Å². The van der Waals surface area contributed by atoms with Crippen molar-refractivity contribution in [1.82, 2.24) is 0 Å². The van der Waals surface area contributed by atoms with Crippen molar-refractivity contribution in [3.8, 4) is 11.1 Å². The van der Waals surface area contributed by atoms with Crippen molar-refractivity contribution in [1.29, 1.82) is 0 Å². The van der Waals surface area contributed by atoms with Crippen LogP contribution in [0.3, 0.4) is 0 Å². The van der Waals surface area contributed by atoms with E-state index >= 15 is 0 Å². The van der Waals surface area contributed by atoms with Gasteiger partial charge in [-0.1, -0.05) is 29.8 Å². The van der Waals surface area contributed by atoms with E-state index in [1.807, 2.05) is 0 Å². The molecule has 98 valence electrons. The minimum Gasteiger partial charge on any atom is -0.481 e. The number of rotatable bonds is 3. The number of halogens is 3. The molecule has 1 N–H and O–H groups in total. The molecule has 0 radical (unpaired) electrons. The van der Waals surface area contributed by atoms with Gasteiger partial charge in [0.15, 0.2) is 0 Å². The molecule has 0 aliphatic heterocycles. The van der Waals surface area contributed by atoms with Crippen LogP contribution in [0.25, 0.3) is 11.1 Å². The third-order valence-electron chi connectivity index (χ3n) is 2.63. The summed E-state index contributed by atoms with van der Waals surface area (Å²) in [4.78, 5) is 10.6. The maximum absolute atomic E-state index is 13.8. The quantitative estimate of drug-likeness (QED) is 0.926. The molecular formula is C14H9ClF2O2. The van der Waals surface area contributed by atoms with Crippen molar-refractivity contribution in [3.05, 3.63) is 58.6 Å². The van der Waals surface area contributed by atoms with Crippen molar-refractivity contribution in [2.75, 3.05) is 0 Å². The number of hydrogen-bond acceptors (Lipinski definition) is 1. The zero-order valence-electron chi connectivity index (χ0n) is 9.66. The standard InChI is InChI=1S/C14H9ClF2O2/c15-11-3-1-2-9(14(11)17)10-6-8(7-13(18)19)4-5-12(10)16/h1-6H,7H2,(H,18,19). The third kappa shape index (κ3) is 2.90. The van der Waals surface area contributed by atoms with Gasteiger partial charge >= 0.3 is 5.97 Å². The zero-order chi connectivity index (χ0) is 14.0. The maximum atomic E-state index is 13.8. The highest BCUT2D eigenvalue weighted by atomic mass is 35.5. The summed E-state index contributed by atoms with van der Waals surface area (Å²) in [7, 11) is 0. The second-order valence-corrected chi connectivity index (χ2v) is 4.39. The Morgan fingerprint density at radius 3 is 2.58 bits per heavy atom. The van der Waals surface area contributed by atoms with Crippen molar-refractivity contribution >= 4 is 17.6 Å². The lowest BCUT2D eigenvalue weighted by Crippen LogP contribution is -2.01. The highest BCUT2D eigenvalue weighted by Crippen LogP contribution is 2.30. The first kappa shape index (κ1) is 13.5. The van der Waals surface area contributed by atoms with Crippen LogP contribution in [0, 0.1) is 11.6 Å². The fourth-order valence-corrected chi connectivity index (χ4v) is 1.95. The molecular weight excluding hydrogens is 274 g/mol. The van der Waals surface area contributed by atoms with Crippen LogP contribution in [0.5, 0.6) is 0 Å². The Hall–Kier alpha value is -1.94. The molecule has 0 aliphatic carbocycles. The lowest BCUT2D eigenvalue weighted by atomic mass is 10.0. The van der Waals surface area contributed by atoms with Gasteiger partial charge in [0.2, 0.25) is 0 Å². The van der Waals surface area contributed by atoms with Gasteiger partial charge in [0.25, 0.3) is 0 Å².